The van der Waals surface area contributed by atoms with Crippen molar-refractivity contribution in [3.8, 4) is 11.8 Å². The van der Waals surface area contributed by atoms with Crippen molar-refractivity contribution in [1.82, 2.24) is 9.55 Å². The highest BCUT2D eigenvalue weighted by Gasteiger charge is 2.28. The molecule has 0 unspecified atom stereocenters. The van der Waals surface area contributed by atoms with Crippen molar-refractivity contribution in [3.05, 3.63) is 52.1 Å². The van der Waals surface area contributed by atoms with Crippen LogP contribution in [0.15, 0.2) is 24.3 Å². The second kappa shape index (κ2) is 10.5. The van der Waals surface area contributed by atoms with Crippen LogP contribution in [0.25, 0.3) is 0 Å². The van der Waals surface area contributed by atoms with Gasteiger partial charge in [0, 0.05) is 6.42 Å². The van der Waals surface area contributed by atoms with E-state index in [1.165, 1.54) is 0 Å². The Morgan fingerprint density at radius 1 is 1.24 bits per heavy atom. The fourth-order valence-corrected chi connectivity index (χ4v) is 4.53. The lowest BCUT2D eigenvalue weighted by Crippen LogP contribution is -2.22. The molecule has 1 aliphatic carbocycles. The number of hydrogen-bond acceptors (Lipinski definition) is 4. The van der Waals surface area contributed by atoms with Crippen LogP contribution in [0.2, 0.25) is 5.28 Å². The van der Waals surface area contributed by atoms with E-state index in [0.29, 0.717) is 43.8 Å². The maximum Gasteiger partial charge on any atom is 0.306 e. The number of halogens is 1. The summed E-state index contributed by atoms with van der Waals surface area (Å²) in [5.41, 5.74) is 1.51. The second-order valence-corrected chi connectivity index (χ2v) is 9.82. The summed E-state index contributed by atoms with van der Waals surface area (Å²) in [6.45, 7) is 5.54. The van der Waals surface area contributed by atoms with Crippen LogP contribution in [0.4, 0.5) is 0 Å². The topological polar surface area (TPSA) is 92.4 Å². The van der Waals surface area contributed by atoms with Gasteiger partial charge in [-0.25, -0.2) is 4.98 Å². The zero-order valence-electron chi connectivity index (χ0n) is 19.4. The third-order valence-corrected chi connectivity index (χ3v) is 6.36. The molecule has 6 nitrogen and oxygen atoms in total. The summed E-state index contributed by atoms with van der Waals surface area (Å²) < 4.78 is 1.69. The summed E-state index contributed by atoms with van der Waals surface area (Å²) in [7, 11) is 0. The van der Waals surface area contributed by atoms with Gasteiger partial charge in [0.1, 0.15) is 17.0 Å². The van der Waals surface area contributed by atoms with E-state index >= 15 is 0 Å². The predicted molar refractivity (Wildman–Crippen MR) is 127 cm³/mol. The van der Waals surface area contributed by atoms with Crippen LogP contribution >= 0.6 is 11.6 Å². The van der Waals surface area contributed by atoms with Gasteiger partial charge in [0.25, 0.3) is 0 Å². The largest absolute Gasteiger partial charge is 0.481 e. The Bertz CT molecular complexity index is 1080. The van der Waals surface area contributed by atoms with E-state index < -0.39 is 11.6 Å². The van der Waals surface area contributed by atoms with Crippen LogP contribution < -0.4 is 0 Å². The molecule has 1 fully saturated rings. The number of carbonyl (C=O) groups excluding carboxylic acids is 1. The van der Waals surface area contributed by atoms with E-state index in [-0.39, 0.29) is 22.7 Å². The number of aryl methyl sites for hydroxylation is 1. The van der Waals surface area contributed by atoms with Crippen molar-refractivity contribution in [2.75, 3.05) is 0 Å². The molecule has 0 bridgehead atoms. The van der Waals surface area contributed by atoms with Gasteiger partial charge < -0.3 is 14.8 Å². The molecule has 176 valence electrons. The number of aliphatic hydroxyl groups is 1. The summed E-state index contributed by atoms with van der Waals surface area (Å²) in [6, 6.07) is 7.97. The highest BCUT2D eigenvalue weighted by Crippen LogP contribution is 2.32. The Morgan fingerprint density at radius 2 is 1.94 bits per heavy atom. The fraction of sp³-hybridized carbons (Fsp3) is 0.500. The molecule has 1 heterocycles. The van der Waals surface area contributed by atoms with Gasteiger partial charge in [0.2, 0.25) is 5.28 Å². The zero-order chi connectivity index (χ0) is 24.2. The van der Waals surface area contributed by atoms with Gasteiger partial charge in [-0.1, -0.05) is 35.7 Å². The van der Waals surface area contributed by atoms with Gasteiger partial charge in [0.05, 0.1) is 12.5 Å². The second-order valence-electron chi connectivity index (χ2n) is 9.48. The van der Waals surface area contributed by atoms with Crippen molar-refractivity contribution in [3.63, 3.8) is 0 Å². The SMILES string of the molecule is Cc1cccc(Cn2c(Cl)nc(C#CC(C)(C)O)c2C(=O)CCC2CCC(C(=O)O)CC2)c1. The maximum absolute atomic E-state index is 13.4. The normalized spacial score (nSPS) is 18.5. The third kappa shape index (κ3) is 6.93. The molecule has 0 amide bonds. The summed E-state index contributed by atoms with van der Waals surface area (Å²) in [5, 5.41) is 19.4. The van der Waals surface area contributed by atoms with Crippen molar-refractivity contribution >= 4 is 23.4 Å². The van der Waals surface area contributed by atoms with Crippen molar-refractivity contribution in [1.29, 1.82) is 0 Å². The van der Waals surface area contributed by atoms with Crippen molar-refractivity contribution in [2.45, 2.75) is 71.4 Å². The highest BCUT2D eigenvalue weighted by molar-refractivity contribution is 6.29. The van der Waals surface area contributed by atoms with Gasteiger partial charge >= 0.3 is 5.97 Å². The molecule has 1 saturated carbocycles. The molecule has 33 heavy (non-hydrogen) atoms. The average Bonchev–Trinajstić information content (AvgIpc) is 3.05. The molecule has 3 rings (SSSR count). The van der Waals surface area contributed by atoms with Gasteiger partial charge in [-0.15, -0.1) is 0 Å². The maximum atomic E-state index is 13.4. The molecule has 7 heteroatoms. The molecule has 0 spiro atoms. The number of rotatable bonds is 7. The predicted octanol–water partition coefficient (Wildman–Crippen LogP) is 4.87. The highest BCUT2D eigenvalue weighted by atomic mass is 35.5. The van der Waals surface area contributed by atoms with Crippen LogP contribution in [0.5, 0.6) is 0 Å². The number of aromatic nitrogens is 2. The Balaban J connectivity index is 1.83. The first-order valence-electron chi connectivity index (χ1n) is 11.4. The number of hydrogen-bond donors (Lipinski definition) is 2. The molecule has 0 radical (unpaired) electrons. The molecule has 0 aliphatic heterocycles. The third-order valence-electron chi connectivity index (χ3n) is 6.07. The number of benzene rings is 1. The molecule has 1 aliphatic rings. The number of carboxylic acids is 1. The number of Topliss-reactive ketones (excluding diaryl/α,β-unsaturated/α-hetero) is 1. The molecule has 0 saturated heterocycles. The number of ketones is 1. The van der Waals surface area contributed by atoms with E-state index in [1.54, 1.807) is 18.4 Å². The monoisotopic (exact) mass is 470 g/mol. The van der Waals surface area contributed by atoms with Crippen LogP contribution in [-0.2, 0) is 11.3 Å². The smallest absolute Gasteiger partial charge is 0.306 e. The number of carboxylic acid groups (broad SMARTS) is 1. The lowest BCUT2D eigenvalue weighted by molar-refractivity contribution is -0.143. The molecule has 0 atom stereocenters. The molecule has 1 aromatic carbocycles. The average molecular weight is 471 g/mol. The van der Waals surface area contributed by atoms with Crippen LogP contribution in [-0.4, -0.2) is 37.1 Å². The Labute approximate surface area is 200 Å². The molecular weight excluding hydrogens is 440 g/mol. The Kier molecular flexibility index (Phi) is 7.99. The first-order valence-corrected chi connectivity index (χ1v) is 11.7. The van der Waals surface area contributed by atoms with E-state index in [0.717, 1.165) is 24.0 Å². The molecular formula is C26H31ClN2O4. The number of imidazole rings is 1. The fourth-order valence-electron chi connectivity index (χ4n) is 4.30. The van der Waals surface area contributed by atoms with Gasteiger partial charge in [-0.3, -0.25) is 9.59 Å². The van der Waals surface area contributed by atoms with Crippen LogP contribution in [0.1, 0.15) is 79.7 Å². The quantitative estimate of drug-likeness (QED) is 0.445. The first-order chi connectivity index (χ1) is 15.5. The summed E-state index contributed by atoms with van der Waals surface area (Å²) in [6.07, 6.45) is 3.96. The Hall–Kier alpha value is -2.62. The van der Waals surface area contributed by atoms with Gasteiger partial charge in [-0.2, -0.15) is 0 Å². The first kappa shape index (κ1) is 25.0. The summed E-state index contributed by atoms with van der Waals surface area (Å²) in [4.78, 5) is 28.9. The number of aliphatic carboxylic acids is 1. The summed E-state index contributed by atoms with van der Waals surface area (Å²) in [5.74, 6) is 4.82. The minimum Gasteiger partial charge on any atom is -0.481 e. The van der Waals surface area contributed by atoms with E-state index in [4.69, 9.17) is 11.6 Å². The molecule has 1 aromatic heterocycles. The minimum atomic E-state index is -1.23. The summed E-state index contributed by atoms with van der Waals surface area (Å²) >= 11 is 6.44. The van der Waals surface area contributed by atoms with Crippen LogP contribution in [0.3, 0.4) is 0 Å². The molecule has 2 aromatic rings. The molecule has 2 N–H and O–H groups in total. The van der Waals surface area contributed by atoms with Gasteiger partial charge in [0.15, 0.2) is 5.78 Å². The minimum absolute atomic E-state index is 0.0949. The van der Waals surface area contributed by atoms with E-state index in [2.05, 4.69) is 16.8 Å². The van der Waals surface area contributed by atoms with E-state index in [9.17, 15) is 19.8 Å². The Morgan fingerprint density at radius 3 is 2.55 bits per heavy atom. The lowest BCUT2D eigenvalue weighted by Gasteiger charge is -2.25. The number of carbonyl (C=O) groups is 2. The number of nitrogens with zero attached hydrogens (tertiary/aromatic N) is 2. The van der Waals surface area contributed by atoms with Crippen molar-refractivity contribution in [2.24, 2.45) is 11.8 Å². The van der Waals surface area contributed by atoms with Crippen molar-refractivity contribution < 1.29 is 19.8 Å². The van der Waals surface area contributed by atoms with E-state index in [1.807, 2.05) is 31.2 Å². The van der Waals surface area contributed by atoms with Crippen LogP contribution in [0, 0.1) is 30.6 Å². The standard InChI is InChI=1S/C26H31ClN2O4/c1-17-5-4-6-19(15-17)16-29-23(21(28-25(29)27)13-14-26(2,3)33)22(30)12-9-18-7-10-20(11-8-18)24(31)32/h4-6,15,18,20,33H,7-12,16H2,1-3H3,(H,31,32). The van der Waals surface area contributed by atoms with Gasteiger partial charge in [-0.05, 0) is 81.9 Å². The zero-order valence-corrected chi connectivity index (χ0v) is 20.2. The lowest BCUT2D eigenvalue weighted by atomic mass is 9.79.